The summed E-state index contributed by atoms with van der Waals surface area (Å²) in [5, 5.41) is 0.679. The number of carbonyl (C=O) groups excluding carboxylic acids is 1. The highest BCUT2D eigenvalue weighted by Gasteiger charge is 2.30. The molecule has 0 aliphatic carbocycles. The Hall–Kier alpha value is -2.74. The van der Waals surface area contributed by atoms with Crippen molar-refractivity contribution in [2.75, 3.05) is 25.9 Å². The number of rotatable bonds is 10. The predicted molar refractivity (Wildman–Crippen MR) is 159 cm³/mol. The summed E-state index contributed by atoms with van der Waals surface area (Å²) < 4.78 is 37.6. The number of amides is 1. The zero-order valence-electron chi connectivity index (χ0n) is 23.4. The van der Waals surface area contributed by atoms with Crippen LogP contribution < -0.4 is 0 Å². The first-order valence-corrected chi connectivity index (χ1v) is 16.2. The molecule has 0 aromatic heterocycles. The summed E-state index contributed by atoms with van der Waals surface area (Å²) in [6, 6.07) is 21.7. The fourth-order valence-corrected chi connectivity index (χ4v) is 6.54. The average molecular weight is 585 g/mol. The second-order valence-corrected chi connectivity index (χ2v) is 13.2. The van der Waals surface area contributed by atoms with Gasteiger partial charge >= 0.3 is 0 Å². The van der Waals surface area contributed by atoms with Gasteiger partial charge in [-0.15, -0.1) is 0 Å². The van der Waals surface area contributed by atoms with Crippen LogP contribution in [-0.2, 0) is 21.1 Å². The second-order valence-electron chi connectivity index (χ2n) is 10.8. The van der Waals surface area contributed by atoms with Gasteiger partial charge in [-0.05, 0) is 86.2 Å². The SMILES string of the molecule is CCN(C(=O)Cc1ccc(S(C)(=O)=O)cc1)C1CCN(C(C)CC(c2ccc(Cl)cc2)c2cccc(F)c2)CC1. The van der Waals surface area contributed by atoms with Crippen molar-refractivity contribution in [3.05, 3.63) is 100 Å². The highest BCUT2D eigenvalue weighted by molar-refractivity contribution is 7.90. The molecule has 1 heterocycles. The van der Waals surface area contributed by atoms with Crippen LogP contribution in [0.2, 0.25) is 5.02 Å². The molecule has 5 nitrogen and oxygen atoms in total. The Labute approximate surface area is 242 Å². The molecule has 0 bridgehead atoms. The van der Waals surface area contributed by atoms with Crippen LogP contribution >= 0.6 is 11.6 Å². The van der Waals surface area contributed by atoms with Crippen LogP contribution in [0.15, 0.2) is 77.7 Å². The van der Waals surface area contributed by atoms with E-state index in [1.54, 1.807) is 36.4 Å². The standard InChI is InChI=1S/C32H38ClFN2O3S/c1-4-36(32(37)21-24-8-14-30(15-9-24)40(3,38)39)29-16-18-35(19-17-29)23(2)20-31(25-10-12-27(33)13-11-25)26-6-5-7-28(34)22-26/h5-15,22-23,29,31H,4,16-21H2,1-3H3. The van der Waals surface area contributed by atoms with Gasteiger partial charge < -0.3 is 9.80 Å². The first-order chi connectivity index (χ1) is 19.0. The van der Waals surface area contributed by atoms with Gasteiger partial charge in [0.2, 0.25) is 5.91 Å². The zero-order chi connectivity index (χ0) is 28.9. The van der Waals surface area contributed by atoms with Gasteiger partial charge in [0.25, 0.3) is 0 Å². The number of likely N-dealkylation sites (N-methyl/N-ethyl adjacent to an activating group) is 1. The van der Waals surface area contributed by atoms with Gasteiger partial charge in [-0.25, -0.2) is 12.8 Å². The average Bonchev–Trinajstić information content (AvgIpc) is 2.93. The summed E-state index contributed by atoms with van der Waals surface area (Å²) in [7, 11) is -3.26. The van der Waals surface area contributed by atoms with Crippen LogP contribution in [0.25, 0.3) is 0 Å². The number of halogens is 2. The largest absolute Gasteiger partial charge is 0.340 e. The fourth-order valence-electron chi connectivity index (χ4n) is 5.78. The second kappa shape index (κ2) is 13.3. The van der Waals surface area contributed by atoms with E-state index in [0.717, 1.165) is 49.0 Å². The molecule has 1 aliphatic heterocycles. The van der Waals surface area contributed by atoms with Crippen molar-refractivity contribution in [3.8, 4) is 0 Å². The maximum absolute atomic E-state index is 14.1. The Morgan fingerprint density at radius 1 is 1.02 bits per heavy atom. The van der Waals surface area contributed by atoms with Gasteiger partial charge in [0.1, 0.15) is 5.82 Å². The van der Waals surface area contributed by atoms with Crippen molar-refractivity contribution in [1.29, 1.82) is 0 Å². The number of likely N-dealkylation sites (tertiary alicyclic amines) is 1. The molecule has 0 N–H and O–H groups in total. The summed E-state index contributed by atoms with van der Waals surface area (Å²) in [4.78, 5) is 17.9. The minimum atomic E-state index is -3.26. The maximum Gasteiger partial charge on any atom is 0.227 e. The third-order valence-electron chi connectivity index (χ3n) is 8.03. The Bertz CT molecular complexity index is 1390. The van der Waals surface area contributed by atoms with Crippen molar-refractivity contribution in [2.45, 2.75) is 62.4 Å². The van der Waals surface area contributed by atoms with Crippen LogP contribution in [0.5, 0.6) is 0 Å². The molecule has 3 aromatic carbocycles. The van der Waals surface area contributed by atoms with E-state index < -0.39 is 9.84 Å². The highest BCUT2D eigenvalue weighted by Crippen LogP contribution is 2.33. The molecule has 4 rings (SSSR count). The molecule has 3 aromatic rings. The lowest BCUT2D eigenvalue weighted by Crippen LogP contribution is -2.49. The number of hydrogen-bond donors (Lipinski definition) is 0. The van der Waals surface area contributed by atoms with Crippen molar-refractivity contribution in [2.24, 2.45) is 0 Å². The Kier molecular flexibility index (Phi) is 10.0. The molecular formula is C32H38ClFN2O3S. The summed E-state index contributed by atoms with van der Waals surface area (Å²) >= 11 is 6.14. The molecule has 1 amide bonds. The monoisotopic (exact) mass is 584 g/mol. The molecule has 0 saturated carbocycles. The quantitative estimate of drug-likeness (QED) is 0.279. The van der Waals surface area contributed by atoms with Gasteiger partial charge in [-0.2, -0.15) is 0 Å². The van der Waals surface area contributed by atoms with E-state index in [4.69, 9.17) is 11.6 Å². The number of hydrogen-bond acceptors (Lipinski definition) is 4. The lowest BCUT2D eigenvalue weighted by atomic mass is 9.85. The van der Waals surface area contributed by atoms with E-state index in [0.29, 0.717) is 11.6 Å². The molecule has 2 atom stereocenters. The molecule has 1 saturated heterocycles. The Morgan fingerprint density at radius 3 is 2.25 bits per heavy atom. The van der Waals surface area contributed by atoms with E-state index in [1.807, 2.05) is 42.2 Å². The Morgan fingerprint density at radius 2 is 1.68 bits per heavy atom. The van der Waals surface area contributed by atoms with Crippen molar-refractivity contribution >= 4 is 27.3 Å². The summed E-state index contributed by atoms with van der Waals surface area (Å²) in [5.41, 5.74) is 2.88. The van der Waals surface area contributed by atoms with Crippen molar-refractivity contribution in [1.82, 2.24) is 9.80 Å². The smallest absolute Gasteiger partial charge is 0.227 e. The number of carbonyl (C=O) groups is 1. The summed E-state index contributed by atoms with van der Waals surface area (Å²) in [6.07, 6.45) is 4.06. The van der Waals surface area contributed by atoms with Gasteiger partial charge in [0.15, 0.2) is 9.84 Å². The summed E-state index contributed by atoms with van der Waals surface area (Å²) in [5.74, 6) is -0.126. The first-order valence-electron chi connectivity index (χ1n) is 13.9. The van der Waals surface area contributed by atoms with E-state index in [1.165, 1.54) is 12.3 Å². The fraction of sp³-hybridized carbons (Fsp3) is 0.406. The third kappa shape index (κ3) is 7.71. The van der Waals surface area contributed by atoms with Gasteiger partial charge in [0, 0.05) is 48.9 Å². The molecule has 1 aliphatic rings. The van der Waals surface area contributed by atoms with Crippen molar-refractivity contribution in [3.63, 3.8) is 0 Å². The molecule has 0 spiro atoms. The summed E-state index contributed by atoms with van der Waals surface area (Å²) in [6.45, 7) is 6.64. The van der Waals surface area contributed by atoms with Crippen LogP contribution in [0.3, 0.4) is 0 Å². The zero-order valence-corrected chi connectivity index (χ0v) is 25.0. The van der Waals surface area contributed by atoms with E-state index in [2.05, 4.69) is 11.8 Å². The van der Waals surface area contributed by atoms with Crippen LogP contribution in [0.4, 0.5) is 4.39 Å². The van der Waals surface area contributed by atoms with E-state index in [-0.39, 0.29) is 41.0 Å². The normalized spacial score (nSPS) is 16.4. The lowest BCUT2D eigenvalue weighted by Gasteiger charge is -2.41. The molecule has 40 heavy (non-hydrogen) atoms. The van der Waals surface area contributed by atoms with E-state index in [9.17, 15) is 17.6 Å². The van der Waals surface area contributed by atoms with Crippen molar-refractivity contribution < 1.29 is 17.6 Å². The molecule has 8 heteroatoms. The predicted octanol–water partition coefficient (Wildman–Crippen LogP) is 6.35. The van der Waals surface area contributed by atoms with E-state index >= 15 is 0 Å². The minimum Gasteiger partial charge on any atom is -0.340 e. The Balaban J connectivity index is 1.38. The highest BCUT2D eigenvalue weighted by atomic mass is 35.5. The topological polar surface area (TPSA) is 57.7 Å². The number of benzene rings is 3. The molecule has 2 unspecified atom stereocenters. The third-order valence-corrected chi connectivity index (χ3v) is 9.41. The van der Waals surface area contributed by atoms with Gasteiger partial charge in [-0.3, -0.25) is 4.79 Å². The minimum absolute atomic E-state index is 0.0449. The maximum atomic E-state index is 14.1. The van der Waals surface area contributed by atoms with Gasteiger partial charge in [-0.1, -0.05) is 48.0 Å². The number of sulfone groups is 1. The lowest BCUT2D eigenvalue weighted by molar-refractivity contribution is -0.133. The molecular weight excluding hydrogens is 547 g/mol. The molecule has 1 fully saturated rings. The van der Waals surface area contributed by atoms with Crippen LogP contribution in [-0.4, -0.2) is 62.1 Å². The van der Waals surface area contributed by atoms with Gasteiger partial charge in [0.05, 0.1) is 11.3 Å². The van der Waals surface area contributed by atoms with Crippen LogP contribution in [0, 0.1) is 5.82 Å². The van der Waals surface area contributed by atoms with Crippen LogP contribution in [0.1, 0.15) is 55.7 Å². The number of nitrogens with zero attached hydrogens (tertiary/aromatic N) is 2. The molecule has 0 radical (unpaired) electrons. The number of piperidine rings is 1. The molecule has 214 valence electrons. The first kappa shape index (κ1) is 30.2.